The third kappa shape index (κ3) is 3.86. The van der Waals surface area contributed by atoms with E-state index in [1.807, 2.05) is 12.1 Å². The van der Waals surface area contributed by atoms with E-state index in [1.54, 1.807) is 6.07 Å². The summed E-state index contributed by atoms with van der Waals surface area (Å²) in [6.07, 6.45) is 4.34. The molecule has 1 aliphatic heterocycles. The first-order valence-electron chi connectivity index (χ1n) is 8.05. The smallest absolute Gasteiger partial charge is 0.265 e. The molecule has 0 bridgehead atoms. The Hall–Kier alpha value is -1.56. The molecule has 23 heavy (non-hydrogen) atoms. The van der Waals surface area contributed by atoms with Crippen LogP contribution in [0, 0.1) is 5.92 Å². The molecule has 0 unspecified atom stereocenters. The van der Waals surface area contributed by atoms with Gasteiger partial charge >= 0.3 is 0 Å². The molecular formula is C17H21BrN2O3. The molecule has 2 aliphatic rings. The highest BCUT2D eigenvalue weighted by atomic mass is 79.9. The topological polar surface area (TPSA) is 58.6 Å². The minimum Gasteiger partial charge on any atom is -0.482 e. The molecule has 0 atom stereocenters. The lowest BCUT2D eigenvalue weighted by molar-refractivity contribution is -0.125. The lowest BCUT2D eigenvalue weighted by Crippen LogP contribution is -2.47. The number of hydrogen-bond acceptors (Lipinski definition) is 3. The first-order chi connectivity index (χ1) is 11.0. The second-order valence-corrected chi connectivity index (χ2v) is 7.32. The average molecular weight is 381 g/mol. The van der Waals surface area contributed by atoms with Gasteiger partial charge < -0.3 is 10.1 Å². The van der Waals surface area contributed by atoms with Crippen molar-refractivity contribution in [3.63, 3.8) is 0 Å². The van der Waals surface area contributed by atoms with Gasteiger partial charge in [-0.1, -0.05) is 22.9 Å². The third-order valence-corrected chi connectivity index (χ3v) is 5.04. The zero-order valence-corrected chi connectivity index (χ0v) is 14.8. The van der Waals surface area contributed by atoms with E-state index in [0.29, 0.717) is 11.4 Å². The Morgan fingerprint density at radius 2 is 2.09 bits per heavy atom. The van der Waals surface area contributed by atoms with E-state index in [9.17, 15) is 9.59 Å². The van der Waals surface area contributed by atoms with Crippen molar-refractivity contribution in [2.45, 2.75) is 38.6 Å². The van der Waals surface area contributed by atoms with E-state index in [4.69, 9.17) is 4.74 Å². The van der Waals surface area contributed by atoms with Crippen LogP contribution in [-0.2, 0) is 9.59 Å². The van der Waals surface area contributed by atoms with E-state index in [2.05, 4.69) is 28.2 Å². The van der Waals surface area contributed by atoms with Gasteiger partial charge in [-0.3, -0.25) is 14.5 Å². The van der Waals surface area contributed by atoms with Gasteiger partial charge in [-0.05, 0) is 49.8 Å². The SMILES string of the molecule is CC1CCC(NC(=O)CN2C(=O)COc3cc(Br)ccc32)CC1. The number of nitrogens with one attached hydrogen (secondary N) is 1. The van der Waals surface area contributed by atoms with Crippen molar-refractivity contribution in [1.82, 2.24) is 5.32 Å². The van der Waals surface area contributed by atoms with Crippen LogP contribution in [0.4, 0.5) is 5.69 Å². The standard InChI is InChI=1S/C17H21BrN2O3/c1-11-2-5-13(6-3-11)19-16(21)9-20-14-7-4-12(18)8-15(14)23-10-17(20)22/h4,7-8,11,13H,2-3,5-6,9-10H2,1H3,(H,19,21). The Labute approximate surface area is 144 Å². The number of benzene rings is 1. The maximum atomic E-state index is 12.3. The second kappa shape index (κ2) is 6.91. The maximum absolute atomic E-state index is 12.3. The highest BCUT2D eigenvalue weighted by Gasteiger charge is 2.28. The molecule has 6 heteroatoms. The van der Waals surface area contributed by atoms with Crippen molar-refractivity contribution >= 4 is 33.4 Å². The van der Waals surface area contributed by atoms with Crippen LogP contribution in [0.2, 0.25) is 0 Å². The number of carbonyl (C=O) groups is 2. The van der Waals surface area contributed by atoms with Crippen molar-refractivity contribution in [3.05, 3.63) is 22.7 Å². The van der Waals surface area contributed by atoms with Gasteiger partial charge in [-0.15, -0.1) is 0 Å². The molecule has 0 spiro atoms. The summed E-state index contributed by atoms with van der Waals surface area (Å²) in [6, 6.07) is 5.69. The van der Waals surface area contributed by atoms with Gasteiger partial charge in [0.25, 0.3) is 5.91 Å². The van der Waals surface area contributed by atoms with Crippen molar-refractivity contribution < 1.29 is 14.3 Å². The fraction of sp³-hybridized carbons (Fsp3) is 0.529. The van der Waals surface area contributed by atoms with Crippen LogP contribution in [0.25, 0.3) is 0 Å². The molecule has 124 valence electrons. The van der Waals surface area contributed by atoms with Crippen molar-refractivity contribution in [2.75, 3.05) is 18.1 Å². The van der Waals surface area contributed by atoms with Gasteiger partial charge in [0.05, 0.1) is 5.69 Å². The summed E-state index contributed by atoms with van der Waals surface area (Å²) in [6.45, 7) is 2.26. The largest absolute Gasteiger partial charge is 0.482 e. The van der Waals surface area contributed by atoms with Gasteiger partial charge in [-0.2, -0.15) is 0 Å². The van der Waals surface area contributed by atoms with E-state index in [1.165, 1.54) is 4.90 Å². The van der Waals surface area contributed by atoms with Crippen LogP contribution in [0.3, 0.4) is 0 Å². The summed E-state index contributed by atoms with van der Waals surface area (Å²) in [7, 11) is 0. The number of hydrogen-bond donors (Lipinski definition) is 1. The number of carbonyl (C=O) groups excluding carboxylic acids is 2. The summed E-state index contributed by atoms with van der Waals surface area (Å²) < 4.78 is 6.32. The molecule has 2 amide bonds. The average Bonchev–Trinajstić information content (AvgIpc) is 2.52. The van der Waals surface area contributed by atoms with Crippen molar-refractivity contribution in [2.24, 2.45) is 5.92 Å². The molecule has 3 rings (SSSR count). The molecule has 1 N–H and O–H groups in total. The Morgan fingerprint density at radius 1 is 1.35 bits per heavy atom. The minimum absolute atomic E-state index is 0.0301. The Morgan fingerprint density at radius 3 is 2.83 bits per heavy atom. The molecule has 0 aromatic heterocycles. The first-order valence-corrected chi connectivity index (χ1v) is 8.84. The lowest BCUT2D eigenvalue weighted by Gasteiger charge is -2.31. The summed E-state index contributed by atoms with van der Waals surface area (Å²) in [5.74, 6) is 1.08. The molecule has 1 aromatic rings. The zero-order valence-electron chi connectivity index (χ0n) is 13.2. The predicted molar refractivity (Wildman–Crippen MR) is 91.6 cm³/mol. The summed E-state index contributed by atoms with van der Waals surface area (Å²) >= 11 is 3.38. The van der Waals surface area contributed by atoms with E-state index >= 15 is 0 Å². The van der Waals surface area contributed by atoms with Crippen LogP contribution in [-0.4, -0.2) is 31.0 Å². The Kier molecular flexibility index (Phi) is 4.90. The molecule has 1 aliphatic carbocycles. The van der Waals surface area contributed by atoms with E-state index < -0.39 is 0 Å². The lowest BCUT2D eigenvalue weighted by atomic mass is 9.87. The number of ether oxygens (including phenoxy) is 1. The number of nitrogens with zero attached hydrogens (tertiary/aromatic N) is 1. The molecule has 1 aromatic carbocycles. The molecule has 1 fully saturated rings. The molecular weight excluding hydrogens is 360 g/mol. The molecule has 1 heterocycles. The number of halogens is 1. The van der Waals surface area contributed by atoms with Crippen molar-refractivity contribution in [3.8, 4) is 5.75 Å². The molecule has 1 saturated carbocycles. The predicted octanol–water partition coefficient (Wildman–Crippen LogP) is 2.87. The molecule has 0 radical (unpaired) electrons. The zero-order chi connectivity index (χ0) is 16.4. The highest BCUT2D eigenvalue weighted by Crippen LogP contribution is 2.34. The summed E-state index contributed by atoms with van der Waals surface area (Å²) in [5.41, 5.74) is 0.650. The summed E-state index contributed by atoms with van der Waals surface area (Å²) in [5, 5.41) is 3.07. The number of anilines is 1. The monoisotopic (exact) mass is 380 g/mol. The fourth-order valence-electron chi connectivity index (χ4n) is 3.17. The van der Waals surface area contributed by atoms with Crippen molar-refractivity contribution in [1.29, 1.82) is 0 Å². The number of amides is 2. The van der Waals surface area contributed by atoms with Gasteiger partial charge in [0, 0.05) is 10.5 Å². The van der Waals surface area contributed by atoms with E-state index in [0.717, 1.165) is 36.1 Å². The van der Waals surface area contributed by atoms with Crippen LogP contribution in [0.5, 0.6) is 5.75 Å². The second-order valence-electron chi connectivity index (χ2n) is 6.40. The number of fused-ring (bicyclic) bond motifs is 1. The fourth-order valence-corrected chi connectivity index (χ4v) is 3.51. The van der Waals surface area contributed by atoms with Crippen LogP contribution < -0.4 is 15.0 Å². The third-order valence-electron chi connectivity index (χ3n) is 4.55. The Bertz CT molecular complexity index is 612. The van der Waals surface area contributed by atoms with Crippen LogP contribution in [0.15, 0.2) is 22.7 Å². The first kappa shape index (κ1) is 16.3. The van der Waals surface area contributed by atoms with Crippen LogP contribution in [0.1, 0.15) is 32.6 Å². The normalized spacial score (nSPS) is 23.9. The maximum Gasteiger partial charge on any atom is 0.265 e. The summed E-state index contributed by atoms with van der Waals surface area (Å²) in [4.78, 5) is 26.0. The van der Waals surface area contributed by atoms with E-state index in [-0.39, 0.29) is 31.0 Å². The quantitative estimate of drug-likeness (QED) is 0.876. The van der Waals surface area contributed by atoms with Crippen LogP contribution >= 0.6 is 15.9 Å². The van der Waals surface area contributed by atoms with Gasteiger partial charge in [-0.25, -0.2) is 0 Å². The Balaban J connectivity index is 1.65. The van der Waals surface area contributed by atoms with Gasteiger partial charge in [0.1, 0.15) is 12.3 Å². The molecule has 5 nitrogen and oxygen atoms in total. The molecule has 0 saturated heterocycles. The van der Waals surface area contributed by atoms with Gasteiger partial charge in [0.2, 0.25) is 5.91 Å². The highest BCUT2D eigenvalue weighted by molar-refractivity contribution is 9.10. The van der Waals surface area contributed by atoms with Gasteiger partial charge in [0.15, 0.2) is 6.61 Å². The minimum atomic E-state index is -0.188. The number of rotatable bonds is 3.